The van der Waals surface area contributed by atoms with E-state index in [1.165, 1.54) is 0 Å². The van der Waals surface area contributed by atoms with Gasteiger partial charge in [-0.05, 0) is 36.8 Å². The van der Waals surface area contributed by atoms with E-state index in [9.17, 15) is 4.79 Å². The number of rotatable bonds is 3. The first kappa shape index (κ1) is 12.8. The van der Waals surface area contributed by atoms with Gasteiger partial charge in [0.2, 0.25) is 5.91 Å². The van der Waals surface area contributed by atoms with Crippen molar-refractivity contribution in [3.63, 3.8) is 0 Å². The molecule has 0 fully saturated rings. The highest BCUT2D eigenvalue weighted by atomic mass is 79.9. The number of hydrogen-bond donors (Lipinski definition) is 1. The van der Waals surface area contributed by atoms with Crippen molar-refractivity contribution in [2.75, 3.05) is 5.32 Å². The van der Waals surface area contributed by atoms with Crippen LogP contribution in [0.2, 0.25) is 0 Å². The second-order valence-corrected chi connectivity index (χ2v) is 4.96. The Balaban J connectivity index is 1.98. The lowest BCUT2D eigenvalue weighted by Gasteiger charge is -2.05. The van der Waals surface area contributed by atoms with Gasteiger partial charge in [-0.15, -0.1) is 0 Å². The minimum absolute atomic E-state index is 0.0428. The predicted molar refractivity (Wildman–Crippen MR) is 75.4 cm³/mol. The Morgan fingerprint density at radius 2 is 2.17 bits per heavy atom. The highest BCUT2D eigenvalue weighted by Gasteiger charge is 2.04. The molecule has 1 heterocycles. The molecular weight excluding hydrogens is 292 g/mol. The number of aryl methyl sites for hydroxylation is 1. The Morgan fingerprint density at radius 3 is 2.83 bits per heavy atom. The summed E-state index contributed by atoms with van der Waals surface area (Å²) in [5.74, 6) is -0.0428. The Kier molecular flexibility index (Phi) is 4.10. The fourth-order valence-electron chi connectivity index (χ4n) is 1.58. The minimum atomic E-state index is -0.0428. The van der Waals surface area contributed by atoms with Crippen molar-refractivity contribution in [3.05, 3.63) is 58.3 Å². The number of benzene rings is 1. The van der Waals surface area contributed by atoms with E-state index in [0.717, 1.165) is 21.4 Å². The molecule has 18 heavy (non-hydrogen) atoms. The number of carbonyl (C=O) groups excluding carboxylic acids is 1. The molecule has 0 spiro atoms. The lowest BCUT2D eigenvalue weighted by molar-refractivity contribution is -0.115. The number of anilines is 1. The molecule has 0 aliphatic rings. The van der Waals surface area contributed by atoms with Crippen molar-refractivity contribution >= 4 is 27.5 Å². The smallest absolute Gasteiger partial charge is 0.228 e. The Hall–Kier alpha value is -1.68. The molecule has 4 heteroatoms. The summed E-state index contributed by atoms with van der Waals surface area (Å²) in [6, 6.07) is 11.4. The van der Waals surface area contributed by atoms with Gasteiger partial charge in [-0.25, -0.2) is 0 Å². The third kappa shape index (κ3) is 3.67. The standard InChI is InChI=1S/C14H13BrN2O/c1-10-5-6-13(9-16-10)17-14(18)8-11-3-2-4-12(15)7-11/h2-7,9H,8H2,1H3,(H,17,18). The number of nitrogens with one attached hydrogen (secondary N) is 1. The molecule has 2 aromatic rings. The van der Waals surface area contributed by atoms with Crippen LogP contribution >= 0.6 is 15.9 Å². The normalized spacial score (nSPS) is 10.1. The molecule has 0 saturated heterocycles. The van der Waals surface area contributed by atoms with Crippen LogP contribution < -0.4 is 5.32 Å². The molecule has 0 aliphatic heterocycles. The third-order valence-corrected chi connectivity index (χ3v) is 2.94. The van der Waals surface area contributed by atoms with Gasteiger partial charge in [0.15, 0.2) is 0 Å². The first-order valence-corrected chi connectivity index (χ1v) is 6.40. The fourth-order valence-corrected chi connectivity index (χ4v) is 2.03. The maximum atomic E-state index is 11.8. The van der Waals surface area contributed by atoms with Gasteiger partial charge in [-0.2, -0.15) is 0 Å². The zero-order valence-electron chi connectivity index (χ0n) is 9.98. The number of amides is 1. The maximum absolute atomic E-state index is 11.8. The largest absolute Gasteiger partial charge is 0.324 e. The van der Waals surface area contributed by atoms with Gasteiger partial charge in [-0.3, -0.25) is 9.78 Å². The van der Waals surface area contributed by atoms with Gasteiger partial charge < -0.3 is 5.32 Å². The number of nitrogens with zero attached hydrogens (tertiary/aromatic N) is 1. The van der Waals surface area contributed by atoms with E-state index in [4.69, 9.17) is 0 Å². The number of hydrogen-bond acceptors (Lipinski definition) is 2. The van der Waals surface area contributed by atoms with E-state index >= 15 is 0 Å². The van der Waals surface area contributed by atoms with Gasteiger partial charge >= 0.3 is 0 Å². The van der Waals surface area contributed by atoms with Crippen molar-refractivity contribution < 1.29 is 4.79 Å². The zero-order valence-corrected chi connectivity index (χ0v) is 11.6. The molecule has 92 valence electrons. The molecule has 0 radical (unpaired) electrons. The fraction of sp³-hybridized carbons (Fsp3) is 0.143. The number of carbonyl (C=O) groups is 1. The summed E-state index contributed by atoms with van der Waals surface area (Å²) in [5, 5.41) is 2.82. The van der Waals surface area contributed by atoms with Crippen molar-refractivity contribution in [1.82, 2.24) is 4.98 Å². The Labute approximate surface area is 114 Å². The van der Waals surface area contributed by atoms with Crippen LogP contribution in [0.4, 0.5) is 5.69 Å². The van der Waals surface area contributed by atoms with Gasteiger partial charge in [-0.1, -0.05) is 28.1 Å². The van der Waals surface area contributed by atoms with Crippen LogP contribution in [0.1, 0.15) is 11.3 Å². The molecule has 0 unspecified atom stereocenters. The average molecular weight is 305 g/mol. The van der Waals surface area contributed by atoms with Crippen LogP contribution in [-0.4, -0.2) is 10.9 Å². The molecule has 1 N–H and O–H groups in total. The van der Waals surface area contributed by atoms with Gasteiger partial charge in [0.05, 0.1) is 18.3 Å². The van der Waals surface area contributed by atoms with E-state index in [-0.39, 0.29) is 5.91 Å². The summed E-state index contributed by atoms with van der Waals surface area (Å²) in [6.07, 6.45) is 2.02. The van der Waals surface area contributed by atoms with Gasteiger partial charge in [0, 0.05) is 10.2 Å². The summed E-state index contributed by atoms with van der Waals surface area (Å²) < 4.78 is 0.977. The monoisotopic (exact) mass is 304 g/mol. The van der Waals surface area contributed by atoms with E-state index in [0.29, 0.717) is 6.42 Å². The Bertz CT molecular complexity index is 552. The second-order valence-electron chi connectivity index (χ2n) is 4.04. The van der Waals surface area contributed by atoms with Crippen molar-refractivity contribution in [1.29, 1.82) is 0 Å². The first-order valence-electron chi connectivity index (χ1n) is 5.60. The van der Waals surface area contributed by atoms with Crippen LogP contribution in [0.5, 0.6) is 0 Å². The summed E-state index contributed by atoms with van der Waals surface area (Å²) in [6.45, 7) is 1.91. The average Bonchev–Trinajstić information content (AvgIpc) is 2.32. The van der Waals surface area contributed by atoms with E-state index in [1.807, 2.05) is 43.3 Å². The van der Waals surface area contributed by atoms with Crippen LogP contribution in [0.15, 0.2) is 47.1 Å². The summed E-state index contributed by atoms with van der Waals surface area (Å²) in [5.41, 5.74) is 2.63. The number of halogens is 1. The minimum Gasteiger partial charge on any atom is -0.324 e. The quantitative estimate of drug-likeness (QED) is 0.945. The van der Waals surface area contributed by atoms with Crippen LogP contribution in [-0.2, 0) is 11.2 Å². The van der Waals surface area contributed by atoms with Crippen molar-refractivity contribution in [3.8, 4) is 0 Å². The van der Waals surface area contributed by atoms with E-state index in [2.05, 4.69) is 26.2 Å². The molecule has 0 atom stereocenters. The van der Waals surface area contributed by atoms with E-state index < -0.39 is 0 Å². The van der Waals surface area contributed by atoms with Crippen LogP contribution in [0.25, 0.3) is 0 Å². The van der Waals surface area contributed by atoms with Crippen molar-refractivity contribution in [2.45, 2.75) is 13.3 Å². The number of pyridine rings is 1. The molecule has 1 amide bonds. The highest BCUT2D eigenvalue weighted by molar-refractivity contribution is 9.10. The molecule has 0 saturated carbocycles. The number of aromatic nitrogens is 1. The van der Waals surface area contributed by atoms with Gasteiger partial charge in [0.1, 0.15) is 0 Å². The molecule has 0 bridgehead atoms. The zero-order chi connectivity index (χ0) is 13.0. The first-order chi connectivity index (χ1) is 8.63. The second kappa shape index (κ2) is 5.78. The molecule has 0 aliphatic carbocycles. The summed E-state index contributed by atoms with van der Waals surface area (Å²) in [7, 11) is 0. The summed E-state index contributed by atoms with van der Waals surface area (Å²) in [4.78, 5) is 16.0. The lowest BCUT2D eigenvalue weighted by atomic mass is 10.1. The third-order valence-electron chi connectivity index (χ3n) is 2.45. The van der Waals surface area contributed by atoms with Crippen LogP contribution in [0.3, 0.4) is 0 Å². The molecule has 2 rings (SSSR count). The lowest BCUT2D eigenvalue weighted by Crippen LogP contribution is -2.14. The molecule has 1 aromatic heterocycles. The van der Waals surface area contributed by atoms with Crippen molar-refractivity contribution in [2.24, 2.45) is 0 Å². The molecule has 1 aromatic carbocycles. The Morgan fingerprint density at radius 1 is 1.33 bits per heavy atom. The SMILES string of the molecule is Cc1ccc(NC(=O)Cc2cccc(Br)c2)cn1. The van der Waals surface area contributed by atoms with Gasteiger partial charge in [0.25, 0.3) is 0 Å². The maximum Gasteiger partial charge on any atom is 0.228 e. The van der Waals surface area contributed by atoms with E-state index in [1.54, 1.807) is 6.20 Å². The highest BCUT2D eigenvalue weighted by Crippen LogP contribution is 2.13. The summed E-state index contributed by atoms with van der Waals surface area (Å²) >= 11 is 3.39. The topological polar surface area (TPSA) is 42.0 Å². The molecular formula is C14H13BrN2O. The predicted octanol–water partition coefficient (Wildman–Crippen LogP) is 3.33. The molecule has 3 nitrogen and oxygen atoms in total. The van der Waals surface area contributed by atoms with Crippen LogP contribution in [0, 0.1) is 6.92 Å².